The number of nitrogens with two attached hydrogens (primary N) is 1. The first-order valence-corrected chi connectivity index (χ1v) is 19.8. The molecule has 0 aliphatic carbocycles. The van der Waals surface area contributed by atoms with Gasteiger partial charge in [0, 0.05) is 31.9 Å². The predicted molar refractivity (Wildman–Crippen MR) is 195 cm³/mol. The van der Waals surface area contributed by atoms with Crippen molar-refractivity contribution >= 4 is 5.97 Å². The fourth-order valence-corrected chi connectivity index (χ4v) is 6.18. The minimum absolute atomic E-state index is 0.245. The minimum atomic E-state index is -0.683. The highest BCUT2D eigenvalue weighted by atomic mass is 16.6. The third-order valence-electron chi connectivity index (χ3n) is 9.33. The molecule has 0 aliphatic heterocycles. The lowest BCUT2D eigenvalue weighted by atomic mass is 10.0. The third-order valence-corrected chi connectivity index (χ3v) is 9.33. The number of aromatic nitrogens is 2. The molecule has 1 aromatic heterocycles. The Labute approximate surface area is 285 Å². The van der Waals surface area contributed by atoms with E-state index in [0.29, 0.717) is 19.6 Å². The van der Waals surface area contributed by atoms with Crippen molar-refractivity contribution in [2.75, 3.05) is 39.5 Å². The summed E-state index contributed by atoms with van der Waals surface area (Å²) in [5, 5.41) is 0. The number of aryl methyl sites for hydroxylation is 1. The van der Waals surface area contributed by atoms with E-state index in [2.05, 4.69) is 23.7 Å². The Morgan fingerprint density at radius 3 is 1.52 bits per heavy atom. The van der Waals surface area contributed by atoms with Gasteiger partial charge in [-0.3, -0.25) is 4.79 Å². The zero-order chi connectivity index (χ0) is 33.3. The maximum absolute atomic E-state index is 12.3. The SMILES string of the molecule is CCCCCCCCCCCCCCN(CCCCCCCCCCCCCC)CCOCCOC(=O)C(N)Cc1cncn1C. The predicted octanol–water partition coefficient (Wildman–Crippen LogP) is 9.55. The van der Waals surface area contributed by atoms with Crippen LogP contribution >= 0.6 is 0 Å². The molecular weight excluding hydrogens is 572 g/mol. The van der Waals surface area contributed by atoms with E-state index in [1.165, 1.54) is 154 Å². The first kappa shape index (κ1) is 42.6. The van der Waals surface area contributed by atoms with Gasteiger partial charge in [0.25, 0.3) is 0 Å². The molecule has 0 fully saturated rings. The Hall–Kier alpha value is -1.44. The maximum atomic E-state index is 12.3. The standard InChI is InChI=1S/C39H76N4O3/c1-4-6-8-10-12-14-16-18-20-22-24-26-28-43(29-27-25-23-21-19-17-15-13-11-9-7-5-2)30-31-45-32-33-46-39(44)38(40)34-37-35-41-36-42(37)3/h35-36,38H,4-34,40H2,1-3H3. The van der Waals surface area contributed by atoms with E-state index < -0.39 is 6.04 Å². The molecule has 0 aliphatic rings. The number of carbonyl (C=O) groups is 1. The Morgan fingerprint density at radius 2 is 1.11 bits per heavy atom. The van der Waals surface area contributed by atoms with Crippen molar-refractivity contribution in [1.82, 2.24) is 14.5 Å². The van der Waals surface area contributed by atoms with Crippen molar-refractivity contribution in [2.45, 2.75) is 180 Å². The van der Waals surface area contributed by atoms with Crippen LogP contribution in [0.25, 0.3) is 0 Å². The van der Waals surface area contributed by atoms with Crippen molar-refractivity contribution in [3.05, 3.63) is 18.2 Å². The van der Waals surface area contributed by atoms with Crippen LogP contribution in [0, 0.1) is 0 Å². The number of unbranched alkanes of at least 4 members (excludes halogenated alkanes) is 22. The van der Waals surface area contributed by atoms with E-state index in [1.807, 2.05) is 11.6 Å². The van der Waals surface area contributed by atoms with Gasteiger partial charge in [-0.05, 0) is 25.9 Å². The van der Waals surface area contributed by atoms with Crippen LogP contribution in [-0.2, 0) is 27.7 Å². The molecule has 0 radical (unpaired) electrons. The van der Waals surface area contributed by atoms with E-state index in [-0.39, 0.29) is 12.6 Å². The molecule has 2 N–H and O–H groups in total. The second-order valence-electron chi connectivity index (χ2n) is 13.7. The van der Waals surface area contributed by atoms with E-state index in [0.717, 1.165) is 25.3 Å². The van der Waals surface area contributed by atoms with Gasteiger partial charge in [-0.15, -0.1) is 0 Å². The summed E-state index contributed by atoms with van der Waals surface area (Å²) in [5.41, 5.74) is 6.95. The summed E-state index contributed by atoms with van der Waals surface area (Å²) in [4.78, 5) is 18.9. The minimum Gasteiger partial charge on any atom is -0.462 e. The van der Waals surface area contributed by atoms with Crippen LogP contribution in [0.15, 0.2) is 12.5 Å². The van der Waals surface area contributed by atoms with Gasteiger partial charge in [-0.1, -0.05) is 155 Å². The summed E-state index contributed by atoms with van der Waals surface area (Å²) in [5.74, 6) is -0.384. The molecule has 1 heterocycles. The highest BCUT2D eigenvalue weighted by molar-refractivity contribution is 5.75. The number of ether oxygens (including phenoxy) is 2. The number of carbonyl (C=O) groups excluding carboxylic acids is 1. The van der Waals surface area contributed by atoms with Crippen molar-refractivity contribution in [1.29, 1.82) is 0 Å². The molecule has 0 saturated carbocycles. The van der Waals surface area contributed by atoms with Crippen LogP contribution in [0.2, 0.25) is 0 Å². The summed E-state index contributed by atoms with van der Waals surface area (Å²) >= 11 is 0. The molecule has 270 valence electrons. The van der Waals surface area contributed by atoms with Gasteiger partial charge in [0.2, 0.25) is 0 Å². The van der Waals surface area contributed by atoms with Crippen LogP contribution in [0.5, 0.6) is 0 Å². The number of imidazole rings is 1. The van der Waals surface area contributed by atoms with E-state index >= 15 is 0 Å². The number of nitrogens with zero attached hydrogens (tertiary/aromatic N) is 3. The first-order valence-electron chi connectivity index (χ1n) is 19.8. The van der Waals surface area contributed by atoms with Gasteiger partial charge in [0.05, 0.1) is 19.5 Å². The summed E-state index contributed by atoms with van der Waals surface area (Å²) < 4.78 is 13.1. The lowest BCUT2D eigenvalue weighted by molar-refractivity contribution is -0.146. The number of hydrogen-bond acceptors (Lipinski definition) is 6. The van der Waals surface area contributed by atoms with Crippen LogP contribution < -0.4 is 5.73 Å². The van der Waals surface area contributed by atoms with Crippen molar-refractivity contribution < 1.29 is 14.3 Å². The molecule has 0 bridgehead atoms. The van der Waals surface area contributed by atoms with Crippen LogP contribution in [0.4, 0.5) is 0 Å². The third kappa shape index (κ3) is 25.6. The highest BCUT2D eigenvalue weighted by Crippen LogP contribution is 2.14. The molecule has 1 rings (SSSR count). The molecule has 7 nitrogen and oxygen atoms in total. The lowest BCUT2D eigenvalue weighted by Crippen LogP contribution is -2.35. The molecule has 7 heteroatoms. The topological polar surface area (TPSA) is 82.6 Å². The zero-order valence-corrected chi connectivity index (χ0v) is 30.8. The van der Waals surface area contributed by atoms with Crippen LogP contribution in [0.3, 0.4) is 0 Å². The molecule has 0 aromatic carbocycles. The summed E-state index contributed by atoms with van der Waals surface area (Å²) in [7, 11) is 1.90. The number of hydrogen-bond donors (Lipinski definition) is 1. The molecule has 1 unspecified atom stereocenters. The average molecular weight is 649 g/mol. The molecule has 0 spiro atoms. The van der Waals surface area contributed by atoms with Gasteiger partial charge in [-0.2, -0.15) is 0 Å². The Morgan fingerprint density at radius 1 is 0.674 bits per heavy atom. The molecule has 46 heavy (non-hydrogen) atoms. The number of esters is 1. The molecule has 0 amide bonds. The quantitative estimate of drug-likeness (QED) is 0.0583. The van der Waals surface area contributed by atoms with Crippen LogP contribution in [0.1, 0.15) is 174 Å². The van der Waals surface area contributed by atoms with E-state index in [9.17, 15) is 4.79 Å². The van der Waals surface area contributed by atoms with Crippen LogP contribution in [-0.4, -0.2) is 65.9 Å². The largest absolute Gasteiger partial charge is 0.462 e. The second-order valence-corrected chi connectivity index (χ2v) is 13.7. The summed E-state index contributed by atoms with van der Waals surface area (Å²) in [6.45, 7) is 9.19. The smallest absolute Gasteiger partial charge is 0.323 e. The van der Waals surface area contributed by atoms with Gasteiger partial charge in [0.15, 0.2) is 0 Å². The lowest BCUT2D eigenvalue weighted by Gasteiger charge is -2.22. The Kier molecular flexibility index (Phi) is 29.7. The molecule has 1 atom stereocenters. The Bertz CT molecular complexity index is 759. The van der Waals surface area contributed by atoms with Crippen molar-refractivity contribution in [3.8, 4) is 0 Å². The monoisotopic (exact) mass is 649 g/mol. The molecule has 0 saturated heterocycles. The molecular formula is C39H76N4O3. The van der Waals surface area contributed by atoms with Gasteiger partial charge in [0.1, 0.15) is 12.6 Å². The average Bonchev–Trinajstić information content (AvgIpc) is 3.46. The van der Waals surface area contributed by atoms with Gasteiger partial charge < -0.3 is 24.7 Å². The van der Waals surface area contributed by atoms with Gasteiger partial charge in [-0.25, -0.2) is 4.98 Å². The van der Waals surface area contributed by atoms with Gasteiger partial charge >= 0.3 is 5.97 Å². The summed E-state index contributed by atoms with van der Waals surface area (Å²) in [6, 6.07) is -0.683. The van der Waals surface area contributed by atoms with Crippen molar-refractivity contribution in [2.24, 2.45) is 12.8 Å². The van der Waals surface area contributed by atoms with E-state index in [1.54, 1.807) is 12.5 Å². The summed E-state index contributed by atoms with van der Waals surface area (Å²) in [6.07, 6.45) is 37.1. The normalized spacial score (nSPS) is 12.3. The first-order chi connectivity index (χ1) is 22.6. The molecule has 1 aromatic rings. The maximum Gasteiger partial charge on any atom is 0.323 e. The second kappa shape index (κ2) is 32.1. The van der Waals surface area contributed by atoms with E-state index in [4.69, 9.17) is 15.2 Å². The van der Waals surface area contributed by atoms with Crippen molar-refractivity contribution in [3.63, 3.8) is 0 Å². The Balaban J connectivity index is 2.19. The fraction of sp³-hybridized carbons (Fsp3) is 0.897. The fourth-order valence-electron chi connectivity index (χ4n) is 6.18. The highest BCUT2D eigenvalue weighted by Gasteiger charge is 2.17. The zero-order valence-electron chi connectivity index (χ0n) is 30.8. The number of rotatable bonds is 35.